The standard InChI is InChI=1S/C24H24O/c1-3-4-5-12-17-24(25)22(18-20-13-8-6-9-14-20)19(2)23(24)21-15-10-7-11-16-21/h6-11,13-16,18,25H,3-5H2,1-2H3/b22-18+. The fourth-order valence-corrected chi connectivity index (χ4v) is 3.29. The number of rotatable bonds is 4. The minimum absolute atomic E-state index is 0.818. The van der Waals surface area contributed by atoms with E-state index in [1.165, 1.54) is 0 Å². The van der Waals surface area contributed by atoms with Gasteiger partial charge in [-0.3, -0.25) is 0 Å². The van der Waals surface area contributed by atoms with Crippen LogP contribution in [0.1, 0.15) is 44.2 Å². The van der Waals surface area contributed by atoms with Crippen LogP contribution in [0.4, 0.5) is 0 Å². The maximum atomic E-state index is 11.4. The van der Waals surface area contributed by atoms with Gasteiger partial charge in [0, 0.05) is 17.6 Å². The first kappa shape index (κ1) is 17.3. The Bertz CT molecular complexity index is 847. The Morgan fingerprint density at radius 3 is 2.28 bits per heavy atom. The molecular weight excluding hydrogens is 304 g/mol. The van der Waals surface area contributed by atoms with Gasteiger partial charge in [0.15, 0.2) is 5.60 Å². The van der Waals surface area contributed by atoms with Crippen molar-refractivity contribution in [3.05, 3.63) is 82.9 Å². The molecule has 0 aliphatic heterocycles. The summed E-state index contributed by atoms with van der Waals surface area (Å²) in [5, 5.41) is 11.4. The summed E-state index contributed by atoms with van der Waals surface area (Å²) in [6.07, 6.45) is 5.04. The monoisotopic (exact) mass is 328 g/mol. The van der Waals surface area contributed by atoms with E-state index >= 15 is 0 Å². The molecule has 0 spiro atoms. The van der Waals surface area contributed by atoms with E-state index in [1.54, 1.807) is 0 Å². The largest absolute Gasteiger partial charge is 0.369 e. The van der Waals surface area contributed by atoms with Gasteiger partial charge in [-0.05, 0) is 36.1 Å². The molecule has 2 aromatic carbocycles. The summed E-state index contributed by atoms with van der Waals surface area (Å²) in [7, 11) is 0. The molecule has 0 bridgehead atoms. The summed E-state index contributed by atoms with van der Waals surface area (Å²) >= 11 is 0. The topological polar surface area (TPSA) is 20.2 Å². The first-order valence-corrected chi connectivity index (χ1v) is 8.93. The third-order valence-corrected chi connectivity index (χ3v) is 4.63. The third kappa shape index (κ3) is 3.45. The zero-order chi connectivity index (χ0) is 17.7. The molecule has 0 radical (unpaired) electrons. The van der Waals surface area contributed by atoms with Crippen LogP contribution in [0.5, 0.6) is 0 Å². The average molecular weight is 328 g/mol. The molecule has 0 fully saturated rings. The molecule has 25 heavy (non-hydrogen) atoms. The van der Waals surface area contributed by atoms with E-state index in [0.29, 0.717) is 0 Å². The lowest BCUT2D eigenvalue weighted by Gasteiger charge is -2.40. The lowest BCUT2D eigenvalue weighted by molar-refractivity contribution is 0.192. The van der Waals surface area contributed by atoms with Crippen molar-refractivity contribution >= 4 is 11.6 Å². The number of aliphatic hydroxyl groups is 1. The normalized spacial score (nSPS) is 20.8. The fourth-order valence-electron chi connectivity index (χ4n) is 3.29. The van der Waals surface area contributed by atoms with Gasteiger partial charge in [0.25, 0.3) is 0 Å². The van der Waals surface area contributed by atoms with Gasteiger partial charge in [-0.1, -0.05) is 85.8 Å². The van der Waals surface area contributed by atoms with Gasteiger partial charge in [-0.25, -0.2) is 0 Å². The third-order valence-electron chi connectivity index (χ3n) is 4.63. The van der Waals surface area contributed by atoms with E-state index in [1.807, 2.05) is 60.7 Å². The minimum atomic E-state index is -1.19. The second-order valence-corrected chi connectivity index (χ2v) is 6.45. The molecule has 0 heterocycles. The second kappa shape index (κ2) is 7.55. The molecule has 1 heteroatoms. The lowest BCUT2D eigenvalue weighted by atomic mass is 9.66. The van der Waals surface area contributed by atoms with Crippen molar-refractivity contribution in [1.82, 2.24) is 0 Å². The molecule has 0 saturated heterocycles. The molecule has 0 aromatic heterocycles. The van der Waals surface area contributed by atoms with Crippen LogP contribution in [0.2, 0.25) is 0 Å². The van der Waals surface area contributed by atoms with Crippen LogP contribution in [-0.2, 0) is 0 Å². The highest BCUT2D eigenvalue weighted by Gasteiger charge is 2.46. The zero-order valence-corrected chi connectivity index (χ0v) is 14.9. The molecular formula is C24H24O. The fraction of sp³-hybridized carbons (Fsp3) is 0.250. The number of unbranched alkanes of at least 4 members (excludes halogenated alkanes) is 2. The molecule has 126 valence electrons. The molecule has 1 aliphatic rings. The predicted molar refractivity (Wildman–Crippen MR) is 106 cm³/mol. The van der Waals surface area contributed by atoms with Crippen LogP contribution >= 0.6 is 0 Å². The summed E-state index contributed by atoms with van der Waals surface area (Å²) in [6.45, 7) is 4.22. The van der Waals surface area contributed by atoms with Gasteiger partial charge in [0.05, 0.1) is 0 Å². The predicted octanol–water partition coefficient (Wildman–Crippen LogP) is 5.48. The molecule has 1 nitrogen and oxygen atoms in total. The Kier molecular flexibility index (Phi) is 5.22. The highest BCUT2D eigenvalue weighted by molar-refractivity contribution is 5.96. The van der Waals surface area contributed by atoms with Gasteiger partial charge in [0.2, 0.25) is 0 Å². The number of hydrogen-bond donors (Lipinski definition) is 1. The van der Waals surface area contributed by atoms with Crippen molar-refractivity contribution < 1.29 is 5.11 Å². The van der Waals surface area contributed by atoms with Gasteiger partial charge in [-0.15, -0.1) is 0 Å². The van der Waals surface area contributed by atoms with Crippen LogP contribution in [0.15, 0.2) is 71.8 Å². The SMILES string of the molecule is CCCCC#CC1(O)C(c2ccccc2)=C(C)/C1=C\c1ccccc1. The van der Waals surface area contributed by atoms with Crippen LogP contribution in [0.3, 0.4) is 0 Å². The summed E-state index contributed by atoms with van der Waals surface area (Å²) < 4.78 is 0. The molecule has 3 rings (SSSR count). The van der Waals surface area contributed by atoms with Crippen LogP contribution in [0, 0.1) is 11.8 Å². The van der Waals surface area contributed by atoms with Crippen LogP contribution in [-0.4, -0.2) is 10.7 Å². The Balaban J connectivity index is 2.05. The number of hydrogen-bond acceptors (Lipinski definition) is 1. The Morgan fingerprint density at radius 2 is 1.64 bits per heavy atom. The molecule has 2 aromatic rings. The van der Waals surface area contributed by atoms with Gasteiger partial charge in [0.1, 0.15) is 0 Å². The zero-order valence-electron chi connectivity index (χ0n) is 14.9. The van der Waals surface area contributed by atoms with E-state index in [2.05, 4.69) is 31.8 Å². The maximum Gasteiger partial charge on any atom is 0.178 e. The first-order valence-electron chi connectivity index (χ1n) is 8.93. The van der Waals surface area contributed by atoms with Crippen LogP contribution in [0.25, 0.3) is 11.6 Å². The second-order valence-electron chi connectivity index (χ2n) is 6.45. The van der Waals surface area contributed by atoms with E-state index in [0.717, 1.165) is 47.1 Å². The molecule has 0 amide bonds. The first-order chi connectivity index (χ1) is 12.2. The quantitative estimate of drug-likeness (QED) is 0.582. The van der Waals surface area contributed by atoms with Gasteiger partial charge >= 0.3 is 0 Å². The van der Waals surface area contributed by atoms with Crippen molar-refractivity contribution in [3.63, 3.8) is 0 Å². The molecule has 1 N–H and O–H groups in total. The van der Waals surface area contributed by atoms with E-state index in [9.17, 15) is 5.11 Å². The summed E-state index contributed by atoms with van der Waals surface area (Å²) in [5.74, 6) is 6.35. The highest BCUT2D eigenvalue weighted by atomic mass is 16.3. The average Bonchev–Trinajstić information content (AvgIpc) is 2.65. The van der Waals surface area contributed by atoms with Crippen molar-refractivity contribution in [2.75, 3.05) is 0 Å². The van der Waals surface area contributed by atoms with E-state index in [-0.39, 0.29) is 0 Å². The lowest BCUT2D eigenvalue weighted by Crippen LogP contribution is -2.40. The Morgan fingerprint density at radius 1 is 1.00 bits per heavy atom. The van der Waals surface area contributed by atoms with E-state index in [4.69, 9.17) is 0 Å². The molecule has 1 aliphatic carbocycles. The Labute approximate surface area is 150 Å². The smallest absolute Gasteiger partial charge is 0.178 e. The van der Waals surface area contributed by atoms with E-state index < -0.39 is 5.60 Å². The van der Waals surface area contributed by atoms with Crippen molar-refractivity contribution in [2.45, 2.75) is 38.7 Å². The molecule has 1 atom stereocenters. The summed E-state index contributed by atoms with van der Waals surface area (Å²) in [5.41, 5.74) is 3.88. The van der Waals surface area contributed by atoms with Crippen LogP contribution < -0.4 is 0 Å². The van der Waals surface area contributed by atoms with Gasteiger partial charge < -0.3 is 5.11 Å². The maximum absolute atomic E-state index is 11.4. The molecule has 0 saturated carbocycles. The van der Waals surface area contributed by atoms with Crippen molar-refractivity contribution in [3.8, 4) is 11.8 Å². The molecule has 1 unspecified atom stereocenters. The highest BCUT2D eigenvalue weighted by Crippen LogP contribution is 2.49. The summed E-state index contributed by atoms with van der Waals surface area (Å²) in [4.78, 5) is 0. The number of benzene rings is 2. The Hall–Kier alpha value is -2.56. The van der Waals surface area contributed by atoms with Crippen molar-refractivity contribution in [2.24, 2.45) is 0 Å². The summed E-state index contributed by atoms with van der Waals surface area (Å²) in [6, 6.07) is 20.2. The minimum Gasteiger partial charge on any atom is -0.369 e. The van der Waals surface area contributed by atoms with Gasteiger partial charge in [-0.2, -0.15) is 0 Å². The van der Waals surface area contributed by atoms with Crippen molar-refractivity contribution in [1.29, 1.82) is 0 Å².